The largest absolute Gasteiger partial charge is 0.478 e. The zero-order valence-electron chi connectivity index (χ0n) is 11.7. The van der Waals surface area contributed by atoms with Crippen LogP contribution in [0.4, 0.5) is 0 Å². The number of nitrogens with zero attached hydrogens (tertiary/aromatic N) is 2. The Balaban J connectivity index is 2.08. The topological polar surface area (TPSA) is 55.1 Å². The number of aromatic nitrogens is 2. The summed E-state index contributed by atoms with van der Waals surface area (Å²) in [6.45, 7) is 2.24. The van der Waals surface area contributed by atoms with Gasteiger partial charge in [-0.3, -0.25) is 0 Å². The van der Waals surface area contributed by atoms with Crippen molar-refractivity contribution in [2.24, 2.45) is 5.92 Å². The molecule has 0 radical (unpaired) electrons. The van der Waals surface area contributed by atoms with Crippen LogP contribution in [0.3, 0.4) is 0 Å². The Morgan fingerprint density at radius 3 is 2.95 bits per heavy atom. The molecule has 1 aliphatic carbocycles. The lowest BCUT2D eigenvalue weighted by Crippen LogP contribution is -2.22. The van der Waals surface area contributed by atoms with Crippen molar-refractivity contribution < 1.29 is 9.90 Å². The summed E-state index contributed by atoms with van der Waals surface area (Å²) in [5.41, 5.74) is 1.86. The number of aromatic carboxylic acids is 1. The monoisotopic (exact) mass is 272 g/mol. The summed E-state index contributed by atoms with van der Waals surface area (Å²) in [5.74, 6) is -0.230. The summed E-state index contributed by atoms with van der Waals surface area (Å²) < 4.78 is 2.20. The van der Waals surface area contributed by atoms with Crippen LogP contribution >= 0.6 is 0 Å². The number of carboxylic acids is 1. The van der Waals surface area contributed by atoms with Gasteiger partial charge in [-0.1, -0.05) is 32.3 Å². The standard InChI is InChI=1S/C16H20N2O2/c1-2-11-6-3-4-8-13(11)18-10-17-15-12(16(19)20)7-5-9-14(15)18/h5,7,9-11,13H,2-4,6,8H2,1H3,(H,19,20). The minimum Gasteiger partial charge on any atom is -0.478 e. The molecule has 0 aliphatic heterocycles. The van der Waals surface area contributed by atoms with Gasteiger partial charge in [-0.05, 0) is 30.9 Å². The van der Waals surface area contributed by atoms with Gasteiger partial charge in [0.25, 0.3) is 0 Å². The molecule has 1 aromatic heterocycles. The van der Waals surface area contributed by atoms with Gasteiger partial charge < -0.3 is 9.67 Å². The number of carboxylic acid groups (broad SMARTS) is 1. The van der Waals surface area contributed by atoms with Gasteiger partial charge in [-0.15, -0.1) is 0 Å². The fourth-order valence-electron chi connectivity index (χ4n) is 3.52. The van der Waals surface area contributed by atoms with Crippen molar-refractivity contribution >= 4 is 17.0 Å². The smallest absolute Gasteiger partial charge is 0.337 e. The fourth-order valence-corrected chi connectivity index (χ4v) is 3.52. The van der Waals surface area contributed by atoms with E-state index in [4.69, 9.17) is 0 Å². The summed E-state index contributed by atoms with van der Waals surface area (Å²) in [6, 6.07) is 5.88. The first-order valence-electron chi connectivity index (χ1n) is 7.41. The van der Waals surface area contributed by atoms with Crippen molar-refractivity contribution in [1.82, 2.24) is 9.55 Å². The predicted octanol–water partition coefficient (Wildman–Crippen LogP) is 3.88. The number of fused-ring (bicyclic) bond motifs is 1. The second kappa shape index (κ2) is 5.27. The van der Waals surface area contributed by atoms with Gasteiger partial charge in [0.1, 0.15) is 5.52 Å². The van der Waals surface area contributed by atoms with E-state index in [0.717, 1.165) is 5.52 Å². The number of imidazole rings is 1. The van der Waals surface area contributed by atoms with Crippen LogP contribution in [0.1, 0.15) is 55.4 Å². The zero-order chi connectivity index (χ0) is 14.1. The lowest BCUT2D eigenvalue weighted by molar-refractivity contribution is 0.0699. The molecule has 0 amide bonds. The Labute approximate surface area is 118 Å². The second-order valence-electron chi connectivity index (χ2n) is 5.65. The third-order valence-corrected chi connectivity index (χ3v) is 4.59. The van der Waals surface area contributed by atoms with Crippen LogP contribution in [0.2, 0.25) is 0 Å². The van der Waals surface area contributed by atoms with Crippen molar-refractivity contribution in [1.29, 1.82) is 0 Å². The predicted molar refractivity (Wildman–Crippen MR) is 78.0 cm³/mol. The first-order chi connectivity index (χ1) is 9.72. The number of rotatable bonds is 3. The molecule has 4 heteroatoms. The van der Waals surface area contributed by atoms with Gasteiger partial charge in [-0.25, -0.2) is 9.78 Å². The van der Waals surface area contributed by atoms with Crippen molar-refractivity contribution in [3.63, 3.8) is 0 Å². The molecule has 20 heavy (non-hydrogen) atoms. The average Bonchev–Trinajstić information content (AvgIpc) is 2.90. The Bertz CT molecular complexity index is 632. The molecule has 4 nitrogen and oxygen atoms in total. The molecule has 1 aromatic carbocycles. The zero-order valence-corrected chi connectivity index (χ0v) is 11.7. The molecule has 2 aromatic rings. The molecule has 106 valence electrons. The highest BCUT2D eigenvalue weighted by atomic mass is 16.4. The highest BCUT2D eigenvalue weighted by Gasteiger charge is 2.26. The normalized spacial score (nSPS) is 23.1. The molecule has 1 N–H and O–H groups in total. The van der Waals surface area contributed by atoms with Crippen molar-refractivity contribution in [2.45, 2.75) is 45.1 Å². The lowest BCUT2D eigenvalue weighted by Gasteiger charge is -2.32. The van der Waals surface area contributed by atoms with Crippen LogP contribution in [-0.2, 0) is 0 Å². The molecule has 0 saturated heterocycles. The number of para-hydroxylation sites is 1. The quantitative estimate of drug-likeness (QED) is 0.922. The minimum atomic E-state index is -0.906. The van der Waals surface area contributed by atoms with Crippen LogP contribution in [0.25, 0.3) is 11.0 Å². The van der Waals surface area contributed by atoms with Crippen molar-refractivity contribution in [3.05, 3.63) is 30.1 Å². The first kappa shape index (κ1) is 13.2. The maximum Gasteiger partial charge on any atom is 0.337 e. The Morgan fingerprint density at radius 1 is 1.40 bits per heavy atom. The molecule has 1 fully saturated rings. The van der Waals surface area contributed by atoms with Crippen molar-refractivity contribution in [3.8, 4) is 0 Å². The van der Waals surface area contributed by atoms with Crippen LogP contribution in [0.5, 0.6) is 0 Å². The fraction of sp³-hybridized carbons (Fsp3) is 0.500. The van der Waals surface area contributed by atoms with Crippen LogP contribution in [0, 0.1) is 5.92 Å². The van der Waals surface area contributed by atoms with Crippen LogP contribution in [-0.4, -0.2) is 20.6 Å². The molecule has 2 atom stereocenters. The molecule has 1 saturated carbocycles. The highest BCUT2D eigenvalue weighted by molar-refractivity contribution is 6.00. The molecule has 0 spiro atoms. The maximum atomic E-state index is 11.3. The molecule has 2 unspecified atom stereocenters. The number of carbonyl (C=O) groups is 1. The SMILES string of the molecule is CCC1CCCCC1n1cnc2c(C(=O)O)cccc21. The molecule has 1 aliphatic rings. The van der Waals surface area contributed by atoms with E-state index in [1.165, 1.54) is 32.1 Å². The molecule has 0 bridgehead atoms. The maximum absolute atomic E-state index is 11.3. The summed E-state index contributed by atoms with van der Waals surface area (Å²) in [7, 11) is 0. The summed E-state index contributed by atoms with van der Waals surface area (Å²) in [6.07, 6.45) is 7.99. The van der Waals surface area contributed by atoms with E-state index < -0.39 is 5.97 Å². The number of hydrogen-bond donors (Lipinski definition) is 1. The third kappa shape index (κ3) is 2.09. The van der Waals surface area contributed by atoms with E-state index in [1.807, 2.05) is 18.5 Å². The first-order valence-corrected chi connectivity index (χ1v) is 7.41. The van der Waals surface area contributed by atoms with Crippen LogP contribution < -0.4 is 0 Å². The van der Waals surface area contributed by atoms with E-state index >= 15 is 0 Å². The average molecular weight is 272 g/mol. The van der Waals surface area contributed by atoms with Gasteiger partial charge in [-0.2, -0.15) is 0 Å². The third-order valence-electron chi connectivity index (χ3n) is 4.59. The van der Waals surface area contributed by atoms with Gasteiger partial charge in [0.2, 0.25) is 0 Å². The second-order valence-corrected chi connectivity index (χ2v) is 5.65. The molecular formula is C16H20N2O2. The highest BCUT2D eigenvalue weighted by Crippen LogP contribution is 2.37. The molecule has 3 rings (SSSR count). The van der Waals surface area contributed by atoms with Crippen molar-refractivity contribution in [2.75, 3.05) is 0 Å². The van der Waals surface area contributed by atoms with E-state index in [1.54, 1.807) is 6.07 Å². The van der Waals surface area contributed by atoms with E-state index in [2.05, 4.69) is 16.5 Å². The number of benzene rings is 1. The van der Waals surface area contributed by atoms with E-state index in [9.17, 15) is 9.90 Å². The van der Waals surface area contributed by atoms with Gasteiger partial charge in [0.15, 0.2) is 0 Å². The minimum absolute atomic E-state index is 0.296. The Hall–Kier alpha value is -1.84. The Morgan fingerprint density at radius 2 is 2.20 bits per heavy atom. The van der Waals surface area contributed by atoms with Gasteiger partial charge in [0, 0.05) is 6.04 Å². The van der Waals surface area contributed by atoms with E-state index in [-0.39, 0.29) is 0 Å². The summed E-state index contributed by atoms with van der Waals surface area (Å²) in [4.78, 5) is 15.6. The summed E-state index contributed by atoms with van der Waals surface area (Å²) >= 11 is 0. The van der Waals surface area contributed by atoms with Gasteiger partial charge in [0.05, 0.1) is 17.4 Å². The molecular weight excluding hydrogens is 252 g/mol. The van der Waals surface area contributed by atoms with Gasteiger partial charge >= 0.3 is 5.97 Å². The Kier molecular flexibility index (Phi) is 3.47. The van der Waals surface area contributed by atoms with E-state index in [0.29, 0.717) is 23.0 Å². The number of hydrogen-bond acceptors (Lipinski definition) is 2. The molecule has 1 heterocycles. The summed E-state index contributed by atoms with van der Waals surface area (Å²) in [5, 5.41) is 9.25. The lowest BCUT2D eigenvalue weighted by atomic mass is 9.82. The van der Waals surface area contributed by atoms with Crippen LogP contribution in [0.15, 0.2) is 24.5 Å².